The molecule has 0 bridgehead atoms. The van der Waals surface area contributed by atoms with Crippen LogP contribution in [0.3, 0.4) is 0 Å². The van der Waals surface area contributed by atoms with Gasteiger partial charge in [-0.05, 0) is 30.5 Å². The summed E-state index contributed by atoms with van der Waals surface area (Å²) >= 11 is 0. The van der Waals surface area contributed by atoms with Gasteiger partial charge in [-0.2, -0.15) is 0 Å². The molecule has 0 N–H and O–H groups in total. The van der Waals surface area contributed by atoms with Crippen LogP contribution >= 0.6 is 0 Å². The van der Waals surface area contributed by atoms with Gasteiger partial charge in [-0.1, -0.05) is 39.0 Å². The van der Waals surface area contributed by atoms with E-state index in [0.717, 1.165) is 6.42 Å². The first kappa shape index (κ1) is 11.3. The van der Waals surface area contributed by atoms with Crippen LogP contribution in [0.5, 0.6) is 0 Å². The number of benzene rings is 1. The molecular weight excluding hydrogens is 194 g/mol. The van der Waals surface area contributed by atoms with Gasteiger partial charge in [0.15, 0.2) is 0 Å². The third-order valence-electron chi connectivity index (χ3n) is 3.78. The molecule has 0 radical (unpaired) electrons. The van der Waals surface area contributed by atoms with Crippen molar-refractivity contribution in [3.05, 3.63) is 41.1 Å². The van der Waals surface area contributed by atoms with Crippen molar-refractivity contribution in [3.8, 4) is 0 Å². The van der Waals surface area contributed by atoms with Crippen molar-refractivity contribution in [2.75, 3.05) is 11.9 Å². The van der Waals surface area contributed by atoms with Crippen LogP contribution < -0.4 is 4.90 Å². The van der Waals surface area contributed by atoms with E-state index >= 15 is 0 Å². The number of fused-ring (bicyclic) bond motifs is 1. The van der Waals surface area contributed by atoms with Crippen LogP contribution in [0.15, 0.2) is 30.0 Å². The molecule has 0 unspecified atom stereocenters. The van der Waals surface area contributed by atoms with E-state index in [-0.39, 0.29) is 5.41 Å². The normalized spacial score (nSPS) is 20.3. The molecule has 1 nitrogen and oxygen atoms in total. The fourth-order valence-electron chi connectivity index (χ4n) is 2.84. The summed E-state index contributed by atoms with van der Waals surface area (Å²) in [6, 6.07) is 6.86. The highest BCUT2D eigenvalue weighted by atomic mass is 15.2. The first-order chi connectivity index (χ1) is 7.52. The van der Waals surface area contributed by atoms with Gasteiger partial charge < -0.3 is 4.90 Å². The van der Waals surface area contributed by atoms with Crippen molar-refractivity contribution in [3.63, 3.8) is 0 Å². The van der Waals surface area contributed by atoms with E-state index in [0.29, 0.717) is 0 Å². The molecule has 0 saturated carbocycles. The van der Waals surface area contributed by atoms with E-state index < -0.39 is 0 Å². The van der Waals surface area contributed by atoms with Gasteiger partial charge in [0.2, 0.25) is 0 Å². The third kappa shape index (κ3) is 1.38. The fourth-order valence-corrected chi connectivity index (χ4v) is 2.84. The predicted octanol–water partition coefficient (Wildman–Crippen LogP) is 3.88. The highest BCUT2D eigenvalue weighted by molar-refractivity contribution is 5.70. The third-order valence-corrected chi connectivity index (χ3v) is 3.78. The SMILES string of the molecule is CC=C1N(C)c2ccc(CC)cc2C1(C)C. The van der Waals surface area contributed by atoms with Crippen LogP contribution in [0.25, 0.3) is 0 Å². The molecule has 0 spiro atoms. The molecule has 0 amide bonds. The predicted molar refractivity (Wildman–Crippen MR) is 71.0 cm³/mol. The Kier molecular flexibility index (Phi) is 2.57. The van der Waals surface area contributed by atoms with Crippen molar-refractivity contribution >= 4 is 5.69 Å². The number of anilines is 1. The molecule has 1 aliphatic rings. The smallest absolute Gasteiger partial charge is 0.0448 e. The first-order valence-corrected chi connectivity index (χ1v) is 6.06. The van der Waals surface area contributed by atoms with Gasteiger partial charge in [-0.25, -0.2) is 0 Å². The van der Waals surface area contributed by atoms with E-state index in [9.17, 15) is 0 Å². The molecule has 2 rings (SSSR count). The van der Waals surface area contributed by atoms with Crippen LogP contribution in [0.4, 0.5) is 5.69 Å². The number of allylic oxidation sites excluding steroid dienone is 2. The van der Waals surface area contributed by atoms with Crippen molar-refractivity contribution < 1.29 is 0 Å². The Morgan fingerprint density at radius 3 is 2.56 bits per heavy atom. The largest absolute Gasteiger partial charge is 0.347 e. The van der Waals surface area contributed by atoms with Crippen molar-refractivity contribution in [2.24, 2.45) is 0 Å². The Hall–Kier alpha value is -1.24. The minimum atomic E-state index is 0.143. The molecule has 0 atom stereocenters. The van der Waals surface area contributed by atoms with E-state index in [1.807, 2.05) is 0 Å². The summed E-state index contributed by atoms with van der Waals surface area (Å²) in [6.45, 7) is 8.96. The molecule has 0 fully saturated rings. The van der Waals surface area contributed by atoms with E-state index in [1.165, 1.54) is 22.5 Å². The van der Waals surface area contributed by atoms with Crippen molar-refractivity contribution in [1.82, 2.24) is 0 Å². The molecule has 16 heavy (non-hydrogen) atoms. The van der Waals surface area contributed by atoms with Crippen LogP contribution in [0.2, 0.25) is 0 Å². The first-order valence-electron chi connectivity index (χ1n) is 6.06. The van der Waals surface area contributed by atoms with Gasteiger partial charge in [0.05, 0.1) is 0 Å². The van der Waals surface area contributed by atoms with Gasteiger partial charge in [-0.15, -0.1) is 0 Å². The van der Waals surface area contributed by atoms with E-state index in [2.05, 4.69) is 63.9 Å². The minimum Gasteiger partial charge on any atom is -0.347 e. The zero-order chi connectivity index (χ0) is 11.9. The number of hydrogen-bond donors (Lipinski definition) is 0. The Bertz CT molecular complexity index is 441. The van der Waals surface area contributed by atoms with Crippen LogP contribution in [-0.4, -0.2) is 7.05 Å². The van der Waals surface area contributed by atoms with Crippen molar-refractivity contribution in [2.45, 2.75) is 39.5 Å². The highest BCUT2D eigenvalue weighted by Gasteiger charge is 2.37. The second kappa shape index (κ2) is 3.65. The number of nitrogens with zero attached hydrogens (tertiary/aromatic N) is 1. The summed E-state index contributed by atoms with van der Waals surface area (Å²) < 4.78 is 0. The zero-order valence-electron chi connectivity index (χ0n) is 11.0. The summed E-state index contributed by atoms with van der Waals surface area (Å²) in [4.78, 5) is 2.31. The summed E-state index contributed by atoms with van der Waals surface area (Å²) in [5.74, 6) is 0. The van der Waals surface area contributed by atoms with Gasteiger partial charge in [0, 0.05) is 23.8 Å². The van der Waals surface area contributed by atoms with Crippen LogP contribution in [0.1, 0.15) is 38.8 Å². The van der Waals surface area contributed by atoms with Gasteiger partial charge >= 0.3 is 0 Å². The lowest BCUT2D eigenvalue weighted by atomic mass is 9.83. The lowest BCUT2D eigenvalue weighted by molar-refractivity contribution is 0.638. The molecular formula is C15H21N. The number of hydrogen-bond acceptors (Lipinski definition) is 1. The molecule has 0 aromatic heterocycles. The molecule has 1 aliphatic heterocycles. The molecule has 86 valence electrons. The van der Waals surface area contributed by atoms with Gasteiger partial charge in [0.1, 0.15) is 0 Å². The maximum Gasteiger partial charge on any atom is 0.0448 e. The van der Waals surface area contributed by atoms with Crippen LogP contribution in [-0.2, 0) is 11.8 Å². The quantitative estimate of drug-likeness (QED) is 0.687. The van der Waals surface area contributed by atoms with Gasteiger partial charge in [0.25, 0.3) is 0 Å². The summed E-state index contributed by atoms with van der Waals surface area (Å²) in [5, 5.41) is 0. The van der Waals surface area contributed by atoms with Crippen molar-refractivity contribution in [1.29, 1.82) is 0 Å². The highest BCUT2D eigenvalue weighted by Crippen LogP contribution is 2.46. The summed E-state index contributed by atoms with van der Waals surface area (Å²) in [7, 11) is 2.16. The molecule has 1 aromatic carbocycles. The topological polar surface area (TPSA) is 3.24 Å². The van der Waals surface area contributed by atoms with E-state index in [4.69, 9.17) is 0 Å². The van der Waals surface area contributed by atoms with Crippen LogP contribution in [0, 0.1) is 0 Å². The number of likely N-dealkylation sites (N-methyl/N-ethyl adjacent to an activating group) is 1. The minimum absolute atomic E-state index is 0.143. The molecule has 1 heterocycles. The summed E-state index contributed by atoms with van der Waals surface area (Å²) in [6.07, 6.45) is 3.34. The molecule has 1 aromatic rings. The molecule has 0 saturated heterocycles. The van der Waals surface area contributed by atoms with Gasteiger partial charge in [-0.3, -0.25) is 0 Å². The fraction of sp³-hybridized carbons (Fsp3) is 0.467. The van der Waals surface area contributed by atoms with E-state index in [1.54, 1.807) is 0 Å². The Morgan fingerprint density at radius 1 is 1.31 bits per heavy atom. The Labute approximate surface area is 98.8 Å². The molecule has 1 heteroatoms. The second-order valence-electron chi connectivity index (χ2n) is 5.06. The standard InChI is InChI=1S/C15H21N/c1-6-11-8-9-13-12(10-11)15(3,4)14(7-2)16(13)5/h7-10H,6H2,1-5H3. The zero-order valence-corrected chi connectivity index (χ0v) is 11.0. The lowest BCUT2D eigenvalue weighted by Gasteiger charge is -2.23. The molecule has 0 aliphatic carbocycles. The maximum absolute atomic E-state index is 2.36. The average molecular weight is 215 g/mol. The number of aryl methyl sites for hydroxylation is 1. The maximum atomic E-state index is 2.36. The average Bonchev–Trinajstić information content (AvgIpc) is 2.46. The Morgan fingerprint density at radius 2 is 2.00 bits per heavy atom. The monoisotopic (exact) mass is 215 g/mol. The number of rotatable bonds is 1. The lowest BCUT2D eigenvalue weighted by Crippen LogP contribution is -2.22. The Balaban J connectivity index is 2.63. The summed E-state index contributed by atoms with van der Waals surface area (Å²) in [5.41, 5.74) is 5.79. The second-order valence-corrected chi connectivity index (χ2v) is 5.06.